The van der Waals surface area contributed by atoms with Crippen LogP contribution in [0, 0.1) is 13.8 Å². The number of amides is 1. The molecule has 1 heterocycles. The summed E-state index contributed by atoms with van der Waals surface area (Å²) in [6.45, 7) is 4.07. The van der Waals surface area contributed by atoms with Crippen molar-refractivity contribution in [2.45, 2.75) is 13.8 Å². The number of carbonyl (C=O) groups is 1. The van der Waals surface area contributed by atoms with Gasteiger partial charge in [-0.3, -0.25) is 4.79 Å². The number of pyridine rings is 1. The molecule has 1 aromatic heterocycles. The summed E-state index contributed by atoms with van der Waals surface area (Å²) in [4.78, 5) is 18.7. The van der Waals surface area contributed by atoms with Gasteiger partial charge in [0, 0.05) is 18.4 Å². The Hall–Kier alpha value is -3.14. The van der Waals surface area contributed by atoms with Crippen molar-refractivity contribution in [3.05, 3.63) is 83.7 Å². The third-order valence-corrected chi connectivity index (χ3v) is 4.28. The Morgan fingerprint density at radius 2 is 1.68 bits per heavy atom. The Kier molecular flexibility index (Phi) is 4.80. The summed E-state index contributed by atoms with van der Waals surface area (Å²) in [7, 11) is 1.97. The molecule has 4 nitrogen and oxygen atoms in total. The highest BCUT2D eigenvalue weighted by molar-refractivity contribution is 6.03. The smallest absolute Gasteiger partial charge is 0.274 e. The van der Waals surface area contributed by atoms with Crippen molar-refractivity contribution in [1.82, 2.24) is 4.98 Å². The van der Waals surface area contributed by atoms with Crippen LogP contribution in [0.1, 0.15) is 21.6 Å². The average molecular weight is 331 g/mol. The van der Waals surface area contributed by atoms with Gasteiger partial charge in [-0.15, -0.1) is 0 Å². The normalized spacial score (nSPS) is 10.4. The van der Waals surface area contributed by atoms with Gasteiger partial charge < -0.3 is 10.2 Å². The highest BCUT2D eigenvalue weighted by atomic mass is 16.1. The van der Waals surface area contributed by atoms with E-state index in [0.717, 1.165) is 22.6 Å². The molecule has 0 saturated heterocycles. The van der Waals surface area contributed by atoms with Crippen LogP contribution in [0.5, 0.6) is 0 Å². The maximum absolute atomic E-state index is 12.4. The van der Waals surface area contributed by atoms with E-state index < -0.39 is 0 Å². The minimum absolute atomic E-state index is 0.211. The Morgan fingerprint density at radius 3 is 2.32 bits per heavy atom. The molecule has 0 aliphatic heterocycles. The third-order valence-electron chi connectivity index (χ3n) is 4.28. The quantitative estimate of drug-likeness (QED) is 0.752. The number of anilines is 3. The Labute approximate surface area is 148 Å². The molecule has 4 heteroatoms. The molecule has 0 saturated carbocycles. The van der Waals surface area contributed by atoms with Gasteiger partial charge in [-0.25, -0.2) is 4.98 Å². The lowest BCUT2D eigenvalue weighted by Crippen LogP contribution is -2.15. The fraction of sp³-hybridized carbons (Fsp3) is 0.143. The molecule has 2 aromatic carbocycles. The monoisotopic (exact) mass is 331 g/mol. The van der Waals surface area contributed by atoms with Crippen molar-refractivity contribution in [3.8, 4) is 0 Å². The van der Waals surface area contributed by atoms with Crippen molar-refractivity contribution in [1.29, 1.82) is 0 Å². The molecule has 0 atom stereocenters. The van der Waals surface area contributed by atoms with Crippen LogP contribution in [-0.2, 0) is 0 Å². The lowest BCUT2D eigenvalue weighted by molar-refractivity contribution is 0.102. The molecule has 1 N–H and O–H groups in total. The Balaban J connectivity index is 1.73. The SMILES string of the molecule is Cc1ccc(NC(=O)c2ccc(N(C)c3ccccc3)cn2)cc1C. The van der Waals surface area contributed by atoms with E-state index >= 15 is 0 Å². The summed E-state index contributed by atoms with van der Waals surface area (Å²) in [5, 5.41) is 2.89. The first-order valence-corrected chi connectivity index (χ1v) is 8.18. The van der Waals surface area contributed by atoms with E-state index in [4.69, 9.17) is 0 Å². The fourth-order valence-electron chi connectivity index (χ4n) is 2.53. The summed E-state index contributed by atoms with van der Waals surface area (Å²) in [6.07, 6.45) is 1.71. The molecule has 0 radical (unpaired) electrons. The van der Waals surface area contributed by atoms with E-state index in [1.165, 1.54) is 5.56 Å². The highest BCUT2D eigenvalue weighted by Gasteiger charge is 2.10. The van der Waals surface area contributed by atoms with Crippen LogP contribution in [0.3, 0.4) is 0 Å². The van der Waals surface area contributed by atoms with Gasteiger partial charge in [-0.05, 0) is 61.4 Å². The number of hydrogen-bond acceptors (Lipinski definition) is 3. The molecule has 0 aliphatic carbocycles. The molecule has 3 aromatic rings. The molecule has 0 spiro atoms. The number of para-hydroxylation sites is 1. The van der Waals surface area contributed by atoms with E-state index in [2.05, 4.69) is 10.3 Å². The van der Waals surface area contributed by atoms with Crippen LogP contribution in [-0.4, -0.2) is 17.9 Å². The van der Waals surface area contributed by atoms with Crippen LogP contribution in [0.4, 0.5) is 17.1 Å². The van der Waals surface area contributed by atoms with E-state index in [1.54, 1.807) is 12.3 Å². The summed E-state index contributed by atoms with van der Waals surface area (Å²) in [5.41, 5.74) is 5.50. The van der Waals surface area contributed by atoms with E-state index in [-0.39, 0.29) is 5.91 Å². The maximum atomic E-state index is 12.4. The van der Waals surface area contributed by atoms with Gasteiger partial charge in [-0.2, -0.15) is 0 Å². The van der Waals surface area contributed by atoms with Crippen LogP contribution in [0.25, 0.3) is 0 Å². The standard InChI is InChI=1S/C21H21N3O/c1-15-9-10-17(13-16(15)2)23-21(25)20-12-11-19(14-22-20)24(3)18-7-5-4-6-8-18/h4-14H,1-3H3,(H,23,25). The van der Waals surface area contributed by atoms with Gasteiger partial charge in [-0.1, -0.05) is 24.3 Å². The number of rotatable bonds is 4. The number of aryl methyl sites for hydroxylation is 2. The molecular formula is C21H21N3O. The van der Waals surface area contributed by atoms with E-state index in [9.17, 15) is 4.79 Å². The zero-order valence-electron chi connectivity index (χ0n) is 14.7. The number of nitrogens with zero attached hydrogens (tertiary/aromatic N) is 2. The highest BCUT2D eigenvalue weighted by Crippen LogP contribution is 2.22. The predicted octanol–water partition coefficient (Wildman–Crippen LogP) is 4.72. The average Bonchev–Trinajstić information content (AvgIpc) is 2.65. The minimum Gasteiger partial charge on any atom is -0.343 e. The van der Waals surface area contributed by atoms with Crippen LogP contribution < -0.4 is 10.2 Å². The summed E-state index contributed by atoms with van der Waals surface area (Å²) in [6, 6.07) is 19.5. The largest absolute Gasteiger partial charge is 0.343 e. The topological polar surface area (TPSA) is 45.2 Å². The van der Waals surface area contributed by atoms with Gasteiger partial charge in [0.1, 0.15) is 5.69 Å². The Bertz CT molecular complexity index is 873. The van der Waals surface area contributed by atoms with Crippen molar-refractivity contribution >= 4 is 23.0 Å². The molecule has 0 aliphatic rings. The second kappa shape index (κ2) is 7.18. The molecule has 126 valence electrons. The maximum Gasteiger partial charge on any atom is 0.274 e. The second-order valence-corrected chi connectivity index (χ2v) is 6.05. The van der Waals surface area contributed by atoms with Crippen LogP contribution in [0.15, 0.2) is 66.9 Å². The summed E-state index contributed by atoms with van der Waals surface area (Å²) in [5.74, 6) is -0.211. The summed E-state index contributed by atoms with van der Waals surface area (Å²) >= 11 is 0. The van der Waals surface area contributed by atoms with Gasteiger partial charge in [0.25, 0.3) is 5.91 Å². The molecule has 25 heavy (non-hydrogen) atoms. The number of aromatic nitrogens is 1. The summed E-state index contributed by atoms with van der Waals surface area (Å²) < 4.78 is 0. The number of carbonyl (C=O) groups excluding carboxylic acids is 1. The van der Waals surface area contributed by atoms with Gasteiger partial charge in [0.2, 0.25) is 0 Å². The number of benzene rings is 2. The number of nitrogens with one attached hydrogen (secondary N) is 1. The van der Waals surface area contributed by atoms with Crippen molar-refractivity contribution in [2.75, 3.05) is 17.3 Å². The van der Waals surface area contributed by atoms with Crippen LogP contribution >= 0.6 is 0 Å². The first-order valence-electron chi connectivity index (χ1n) is 8.18. The van der Waals surface area contributed by atoms with Crippen LogP contribution in [0.2, 0.25) is 0 Å². The van der Waals surface area contributed by atoms with Gasteiger partial charge in [0.05, 0.1) is 11.9 Å². The Morgan fingerprint density at radius 1 is 0.920 bits per heavy atom. The number of hydrogen-bond donors (Lipinski definition) is 1. The lowest BCUT2D eigenvalue weighted by Gasteiger charge is -2.19. The first kappa shape index (κ1) is 16.7. The molecule has 0 fully saturated rings. The third kappa shape index (κ3) is 3.86. The first-order chi connectivity index (χ1) is 12.0. The lowest BCUT2D eigenvalue weighted by atomic mass is 10.1. The zero-order chi connectivity index (χ0) is 17.8. The van der Waals surface area contributed by atoms with Crippen molar-refractivity contribution < 1.29 is 4.79 Å². The van der Waals surface area contributed by atoms with E-state index in [1.807, 2.05) is 80.4 Å². The fourth-order valence-corrected chi connectivity index (χ4v) is 2.53. The predicted molar refractivity (Wildman–Crippen MR) is 103 cm³/mol. The van der Waals surface area contributed by atoms with Gasteiger partial charge in [0.15, 0.2) is 0 Å². The minimum atomic E-state index is -0.211. The van der Waals surface area contributed by atoms with Crippen molar-refractivity contribution in [3.63, 3.8) is 0 Å². The zero-order valence-corrected chi connectivity index (χ0v) is 14.7. The molecule has 0 unspecified atom stereocenters. The molecular weight excluding hydrogens is 310 g/mol. The van der Waals surface area contributed by atoms with Crippen molar-refractivity contribution in [2.24, 2.45) is 0 Å². The molecule has 0 bridgehead atoms. The second-order valence-electron chi connectivity index (χ2n) is 6.05. The van der Waals surface area contributed by atoms with Gasteiger partial charge >= 0.3 is 0 Å². The molecule has 3 rings (SSSR count). The van der Waals surface area contributed by atoms with E-state index in [0.29, 0.717) is 5.69 Å². The molecule has 1 amide bonds.